The van der Waals surface area contributed by atoms with Gasteiger partial charge in [-0.2, -0.15) is 18.4 Å². The van der Waals surface area contributed by atoms with Crippen molar-refractivity contribution in [2.45, 2.75) is 51.6 Å². The Bertz CT molecular complexity index is 1980. The van der Waals surface area contributed by atoms with Gasteiger partial charge in [-0.05, 0) is 54.4 Å². The molecule has 0 bridgehead atoms. The van der Waals surface area contributed by atoms with Crippen LogP contribution in [-0.2, 0) is 31.8 Å². The second-order valence-electron chi connectivity index (χ2n) is 13.5. The molecule has 0 radical (unpaired) electrons. The molecule has 2 aliphatic heterocycles. The molecule has 1 fully saturated rings. The topological polar surface area (TPSA) is 165 Å². The SMILES string of the molecule is CNC(=O)C(CCC=O)N1C(=O)c2cccc(OCCOCCOc3ccc(CN4CC(C)(C)C(Oc5ccc(C#N)c(C(F)(F)F)c5)C4=O)cc3)c2C1=O. The summed E-state index contributed by atoms with van der Waals surface area (Å²) in [5, 5.41) is 11.5. The maximum Gasteiger partial charge on any atom is 0.417 e. The highest BCUT2D eigenvalue weighted by Crippen LogP contribution is 2.38. The van der Waals surface area contributed by atoms with Crippen molar-refractivity contribution in [2.75, 3.05) is 40.0 Å². The Hall–Kier alpha value is -5.95. The number of halogens is 3. The number of amides is 4. The summed E-state index contributed by atoms with van der Waals surface area (Å²) in [6, 6.07) is 15.0. The Morgan fingerprint density at radius 3 is 2.35 bits per heavy atom. The third-order valence-corrected chi connectivity index (χ3v) is 9.12. The fraction of sp³-hybridized carbons (Fsp3) is 0.385. The van der Waals surface area contributed by atoms with Gasteiger partial charge in [-0.3, -0.25) is 24.1 Å². The average molecular weight is 765 g/mol. The van der Waals surface area contributed by atoms with E-state index in [1.165, 1.54) is 25.2 Å². The molecule has 3 aromatic rings. The third-order valence-electron chi connectivity index (χ3n) is 9.12. The molecule has 0 aliphatic carbocycles. The van der Waals surface area contributed by atoms with Crippen LogP contribution in [0.15, 0.2) is 60.7 Å². The number of benzene rings is 3. The highest BCUT2D eigenvalue weighted by Gasteiger charge is 2.48. The van der Waals surface area contributed by atoms with Gasteiger partial charge in [0.15, 0.2) is 6.10 Å². The van der Waals surface area contributed by atoms with Gasteiger partial charge in [-0.25, -0.2) is 0 Å². The van der Waals surface area contributed by atoms with Crippen molar-refractivity contribution in [1.82, 2.24) is 15.1 Å². The number of rotatable bonds is 17. The van der Waals surface area contributed by atoms with Gasteiger partial charge in [0.1, 0.15) is 42.8 Å². The molecule has 0 saturated carbocycles. The van der Waals surface area contributed by atoms with Gasteiger partial charge in [0, 0.05) is 32.0 Å². The lowest BCUT2D eigenvalue weighted by molar-refractivity contribution is -0.138. The lowest BCUT2D eigenvalue weighted by Crippen LogP contribution is -2.48. The van der Waals surface area contributed by atoms with E-state index in [4.69, 9.17) is 24.2 Å². The van der Waals surface area contributed by atoms with Crippen molar-refractivity contribution in [2.24, 2.45) is 5.41 Å². The molecule has 2 heterocycles. The molecular weight excluding hydrogens is 725 g/mol. The van der Waals surface area contributed by atoms with Crippen LogP contribution in [0.25, 0.3) is 0 Å². The van der Waals surface area contributed by atoms with Crippen molar-refractivity contribution in [3.05, 3.63) is 88.5 Å². The zero-order chi connectivity index (χ0) is 39.9. The number of likely N-dealkylation sites (tertiary alicyclic amines) is 1. The van der Waals surface area contributed by atoms with Crippen LogP contribution in [0.5, 0.6) is 17.2 Å². The summed E-state index contributed by atoms with van der Waals surface area (Å²) in [6.45, 7) is 4.73. The highest BCUT2D eigenvalue weighted by molar-refractivity contribution is 6.24. The number of nitriles is 1. The second-order valence-corrected chi connectivity index (χ2v) is 13.5. The second kappa shape index (κ2) is 17.0. The Kier molecular flexibility index (Phi) is 12.5. The maximum absolute atomic E-state index is 13.5. The number of alkyl halides is 3. The number of likely N-dealkylation sites (N-methyl/N-ethyl adjacent to an activating group) is 1. The van der Waals surface area contributed by atoms with Crippen molar-refractivity contribution in [1.29, 1.82) is 5.26 Å². The van der Waals surface area contributed by atoms with Crippen LogP contribution in [0.4, 0.5) is 13.2 Å². The third kappa shape index (κ3) is 9.06. The first-order chi connectivity index (χ1) is 26.2. The number of carbonyl (C=O) groups is 5. The minimum Gasteiger partial charge on any atom is -0.491 e. The first-order valence-corrected chi connectivity index (χ1v) is 17.4. The fourth-order valence-corrected chi connectivity index (χ4v) is 6.45. The quantitative estimate of drug-likeness (QED) is 0.117. The molecule has 1 saturated heterocycles. The minimum atomic E-state index is -4.76. The van der Waals surface area contributed by atoms with E-state index >= 15 is 0 Å². The number of nitrogens with one attached hydrogen (secondary N) is 1. The number of fused-ring (bicyclic) bond motifs is 1. The number of imide groups is 1. The average Bonchev–Trinajstić information content (AvgIpc) is 3.53. The van der Waals surface area contributed by atoms with Crippen LogP contribution in [0.2, 0.25) is 0 Å². The van der Waals surface area contributed by atoms with Crippen molar-refractivity contribution in [3.8, 4) is 23.3 Å². The Morgan fingerprint density at radius 2 is 1.69 bits per heavy atom. The monoisotopic (exact) mass is 764 g/mol. The highest BCUT2D eigenvalue weighted by atomic mass is 19.4. The zero-order valence-electron chi connectivity index (χ0n) is 30.3. The number of carbonyl (C=O) groups excluding carboxylic acids is 5. The summed E-state index contributed by atoms with van der Waals surface area (Å²) in [5.74, 6) is -1.70. The van der Waals surface area contributed by atoms with Crippen molar-refractivity contribution >= 4 is 29.9 Å². The Balaban J connectivity index is 1.07. The lowest BCUT2D eigenvalue weighted by Gasteiger charge is -2.24. The van der Waals surface area contributed by atoms with Crippen LogP contribution in [0, 0.1) is 16.7 Å². The Labute approximate surface area is 314 Å². The Morgan fingerprint density at radius 1 is 1.00 bits per heavy atom. The standard InChI is InChI=1S/C39H39F3N4O9/c1-38(2)23-45(37(51)33(38)55-27-14-11-25(21-43)29(20-27)39(40,41)42)22-24-9-12-26(13-10-24)53-18-16-52-17-19-54-31-8-4-6-28-32(31)36(50)46(35(28)49)30(7-5-15-47)34(48)44-3/h4,6,8-15,20,30,33H,5,7,16-19,22-23H2,1-3H3,(H,44,48). The first kappa shape index (κ1) is 40.2. The van der Waals surface area contributed by atoms with E-state index in [2.05, 4.69) is 5.32 Å². The van der Waals surface area contributed by atoms with E-state index in [0.29, 0.717) is 18.6 Å². The molecule has 13 nitrogen and oxygen atoms in total. The summed E-state index contributed by atoms with van der Waals surface area (Å²) in [4.78, 5) is 65.5. The van der Waals surface area contributed by atoms with E-state index in [1.807, 2.05) is 0 Å². The van der Waals surface area contributed by atoms with E-state index in [-0.39, 0.29) is 74.3 Å². The summed E-state index contributed by atoms with van der Waals surface area (Å²) < 4.78 is 63.3. The van der Waals surface area contributed by atoms with Crippen LogP contribution < -0.4 is 19.5 Å². The normalized spacial score (nSPS) is 16.7. The predicted octanol–water partition coefficient (Wildman–Crippen LogP) is 4.56. The number of nitrogens with zero attached hydrogens (tertiary/aromatic N) is 3. The van der Waals surface area contributed by atoms with Crippen LogP contribution in [0.3, 0.4) is 0 Å². The van der Waals surface area contributed by atoms with Crippen LogP contribution in [0.1, 0.15) is 64.1 Å². The number of aldehydes is 1. The number of ether oxygens (including phenoxy) is 4. The summed E-state index contributed by atoms with van der Waals surface area (Å²) in [5.41, 5.74) is -1.45. The van der Waals surface area contributed by atoms with E-state index in [1.54, 1.807) is 55.1 Å². The molecule has 5 rings (SSSR count). The number of hydrogen-bond donors (Lipinski definition) is 1. The molecule has 55 heavy (non-hydrogen) atoms. The van der Waals surface area contributed by atoms with Gasteiger partial charge < -0.3 is 34.0 Å². The largest absolute Gasteiger partial charge is 0.491 e. The van der Waals surface area contributed by atoms with Crippen molar-refractivity contribution < 1.29 is 56.1 Å². The van der Waals surface area contributed by atoms with Gasteiger partial charge >= 0.3 is 6.18 Å². The minimum absolute atomic E-state index is 0.00919. The van der Waals surface area contributed by atoms with E-state index < -0.39 is 52.6 Å². The smallest absolute Gasteiger partial charge is 0.417 e. The molecule has 290 valence electrons. The molecule has 1 N–H and O–H groups in total. The number of hydrogen-bond acceptors (Lipinski definition) is 10. The molecule has 16 heteroatoms. The summed E-state index contributed by atoms with van der Waals surface area (Å²) in [6.07, 6.45) is -5.19. The molecule has 2 atom stereocenters. The lowest BCUT2D eigenvalue weighted by atomic mass is 9.89. The summed E-state index contributed by atoms with van der Waals surface area (Å²) >= 11 is 0. The molecule has 4 amide bonds. The molecule has 0 aromatic heterocycles. The van der Waals surface area contributed by atoms with Crippen LogP contribution in [-0.4, -0.2) is 91.9 Å². The first-order valence-electron chi connectivity index (χ1n) is 17.4. The predicted molar refractivity (Wildman–Crippen MR) is 188 cm³/mol. The van der Waals surface area contributed by atoms with Gasteiger partial charge in [-0.15, -0.1) is 0 Å². The van der Waals surface area contributed by atoms with Gasteiger partial charge in [-0.1, -0.05) is 32.0 Å². The molecular formula is C39H39F3N4O9. The van der Waals surface area contributed by atoms with Crippen LogP contribution >= 0.6 is 0 Å². The van der Waals surface area contributed by atoms with Gasteiger partial charge in [0.05, 0.1) is 41.5 Å². The molecule has 2 aliphatic rings. The van der Waals surface area contributed by atoms with E-state index in [9.17, 15) is 37.1 Å². The van der Waals surface area contributed by atoms with Crippen molar-refractivity contribution in [3.63, 3.8) is 0 Å². The fourth-order valence-electron chi connectivity index (χ4n) is 6.45. The van der Waals surface area contributed by atoms with Gasteiger partial charge in [0.2, 0.25) is 5.91 Å². The van der Waals surface area contributed by atoms with Gasteiger partial charge in [0.25, 0.3) is 17.7 Å². The summed E-state index contributed by atoms with van der Waals surface area (Å²) in [7, 11) is 1.38. The molecule has 2 unspecified atom stereocenters. The van der Waals surface area contributed by atoms with E-state index in [0.717, 1.165) is 22.6 Å². The maximum atomic E-state index is 13.5. The zero-order valence-corrected chi connectivity index (χ0v) is 30.3. The molecule has 3 aromatic carbocycles. The molecule has 0 spiro atoms.